The minimum atomic E-state index is -0.289. The predicted octanol–water partition coefficient (Wildman–Crippen LogP) is 6.64. The Kier molecular flexibility index (Phi) is 4.88. The van der Waals surface area contributed by atoms with Crippen LogP contribution in [0.4, 0.5) is 0 Å². The Bertz CT molecular complexity index is 1160. The first-order valence-electron chi connectivity index (χ1n) is 10.7. The molecule has 0 fully saturated rings. The van der Waals surface area contributed by atoms with Crippen LogP contribution in [0.5, 0.6) is 23.0 Å². The normalized spacial score (nSPS) is 15.8. The molecule has 0 radical (unpaired) electrons. The van der Waals surface area contributed by atoms with E-state index in [4.69, 9.17) is 14.2 Å². The molecule has 1 N–H and O–H groups in total. The maximum atomic E-state index is 11.2. The van der Waals surface area contributed by atoms with Crippen LogP contribution in [0.1, 0.15) is 69.9 Å². The summed E-state index contributed by atoms with van der Waals surface area (Å²) in [7, 11) is 3.27. The lowest BCUT2D eigenvalue weighted by Gasteiger charge is -2.24. The van der Waals surface area contributed by atoms with Gasteiger partial charge in [0.25, 0.3) is 0 Å². The second kappa shape index (κ2) is 7.08. The third kappa shape index (κ3) is 3.38. The molecule has 1 heterocycles. The fraction of sp³-hybridized carbons (Fsp3) is 0.407. The molecule has 3 aromatic carbocycles. The number of phenolic OH excluding ortho intramolecular Hbond substituents is 1. The Morgan fingerprint density at radius 1 is 0.806 bits per heavy atom. The van der Waals surface area contributed by atoms with Crippen molar-refractivity contribution in [1.82, 2.24) is 0 Å². The second-order valence-electron chi connectivity index (χ2n) is 10.3. The molecule has 4 rings (SSSR count). The highest BCUT2D eigenvalue weighted by atomic mass is 16.5. The molecular weight excluding hydrogens is 388 g/mol. The molecule has 0 aromatic heterocycles. The van der Waals surface area contributed by atoms with E-state index in [-0.39, 0.29) is 16.9 Å². The van der Waals surface area contributed by atoms with Crippen molar-refractivity contribution in [2.75, 3.05) is 14.2 Å². The number of benzene rings is 3. The van der Waals surface area contributed by atoms with Crippen LogP contribution < -0.4 is 14.2 Å². The largest absolute Gasteiger partial charge is 0.507 e. The fourth-order valence-corrected chi connectivity index (χ4v) is 4.44. The van der Waals surface area contributed by atoms with Crippen molar-refractivity contribution in [2.24, 2.45) is 0 Å². The van der Waals surface area contributed by atoms with Crippen molar-refractivity contribution >= 4 is 10.8 Å². The summed E-state index contributed by atoms with van der Waals surface area (Å²) < 4.78 is 17.6. The number of rotatable bonds is 3. The first-order valence-corrected chi connectivity index (χ1v) is 10.7. The van der Waals surface area contributed by atoms with E-state index in [1.54, 1.807) is 14.2 Å². The van der Waals surface area contributed by atoms with E-state index in [9.17, 15) is 5.11 Å². The maximum Gasteiger partial charge on any atom is 0.161 e. The summed E-state index contributed by atoms with van der Waals surface area (Å²) in [6, 6.07) is 12.1. The van der Waals surface area contributed by atoms with E-state index in [0.717, 1.165) is 38.8 Å². The molecule has 4 heteroatoms. The van der Waals surface area contributed by atoms with Crippen molar-refractivity contribution < 1.29 is 19.3 Å². The maximum absolute atomic E-state index is 11.2. The number of hydrogen-bond donors (Lipinski definition) is 1. The van der Waals surface area contributed by atoms with Crippen LogP contribution >= 0.6 is 0 Å². The van der Waals surface area contributed by atoms with E-state index in [1.807, 2.05) is 24.3 Å². The molecule has 0 amide bonds. The molecule has 1 unspecified atom stereocenters. The standard InChI is InChI=1S/C27H32O4/c1-26(2,3)18-11-10-16-22-17(14-19(23(16)28)27(4,5)6)24(31-25(18)22)15-9-12-20(29-7)21(13-15)30-8/h9-14,24,28H,1-8H3. The highest BCUT2D eigenvalue weighted by Crippen LogP contribution is 2.53. The van der Waals surface area contributed by atoms with E-state index < -0.39 is 0 Å². The molecular formula is C27H32O4. The minimum Gasteiger partial charge on any atom is -0.507 e. The van der Waals surface area contributed by atoms with Crippen molar-refractivity contribution in [3.05, 3.63) is 58.7 Å². The molecule has 0 saturated carbocycles. The predicted molar refractivity (Wildman–Crippen MR) is 125 cm³/mol. The Morgan fingerprint density at radius 2 is 1.45 bits per heavy atom. The topological polar surface area (TPSA) is 47.9 Å². The van der Waals surface area contributed by atoms with Gasteiger partial charge in [0.2, 0.25) is 0 Å². The lowest BCUT2D eigenvalue weighted by Crippen LogP contribution is -2.13. The fourth-order valence-electron chi connectivity index (χ4n) is 4.44. The molecule has 1 aliphatic heterocycles. The van der Waals surface area contributed by atoms with Crippen LogP contribution in [0.2, 0.25) is 0 Å². The first-order chi connectivity index (χ1) is 14.5. The number of aromatic hydroxyl groups is 1. The van der Waals surface area contributed by atoms with Gasteiger partial charge in [0.05, 0.1) is 14.2 Å². The average molecular weight is 421 g/mol. The van der Waals surface area contributed by atoms with Crippen molar-refractivity contribution in [2.45, 2.75) is 58.5 Å². The average Bonchev–Trinajstić information content (AvgIpc) is 3.08. The summed E-state index contributed by atoms with van der Waals surface area (Å²) in [6.45, 7) is 12.9. The van der Waals surface area contributed by atoms with Crippen LogP contribution in [-0.4, -0.2) is 19.3 Å². The van der Waals surface area contributed by atoms with Crippen LogP contribution in [0.15, 0.2) is 36.4 Å². The van der Waals surface area contributed by atoms with E-state index in [0.29, 0.717) is 17.2 Å². The van der Waals surface area contributed by atoms with Gasteiger partial charge in [-0.2, -0.15) is 0 Å². The molecule has 0 aliphatic carbocycles. The van der Waals surface area contributed by atoms with Gasteiger partial charge in [0.1, 0.15) is 17.6 Å². The van der Waals surface area contributed by atoms with Gasteiger partial charge in [-0.25, -0.2) is 0 Å². The molecule has 4 nitrogen and oxygen atoms in total. The zero-order valence-electron chi connectivity index (χ0n) is 19.7. The lowest BCUT2D eigenvalue weighted by molar-refractivity contribution is 0.259. The van der Waals surface area contributed by atoms with Crippen molar-refractivity contribution in [3.63, 3.8) is 0 Å². The van der Waals surface area contributed by atoms with Crippen molar-refractivity contribution in [1.29, 1.82) is 0 Å². The third-order valence-corrected chi connectivity index (χ3v) is 6.10. The van der Waals surface area contributed by atoms with Gasteiger partial charge >= 0.3 is 0 Å². The monoisotopic (exact) mass is 420 g/mol. The highest BCUT2D eigenvalue weighted by molar-refractivity contribution is 6.00. The molecule has 0 bridgehead atoms. The van der Waals surface area contributed by atoms with Gasteiger partial charge in [-0.05, 0) is 29.0 Å². The molecule has 31 heavy (non-hydrogen) atoms. The number of hydrogen-bond acceptors (Lipinski definition) is 4. The molecule has 1 aliphatic rings. The molecule has 0 saturated heterocycles. The van der Waals surface area contributed by atoms with Crippen LogP contribution in [0.3, 0.4) is 0 Å². The van der Waals surface area contributed by atoms with E-state index in [1.165, 1.54) is 0 Å². The van der Waals surface area contributed by atoms with Gasteiger partial charge in [0.15, 0.2) is 11.5 Å². The summed E-state index contributed by atoms with van der Waals surface area (Å²) in [4.78, 5) is 0. The van der Waals surface area contributed by atoms with Crippen LogP contribution in [0.25, 0.3) is 10.8 Å². The lowest BCUT2D eigenvalue weighted by atomic mass is 9.80. The van der Waals surface area contributed by atoms with Gasteiger partial charge in [0, 0.05) is 33.0 Å². The number of phenols is 1. The van der Waals surface area contributed by atoms with Crippen LogP contribution in [0, 0.1) is 0 Å². The smallest absolute Gasteiger partial charge is 0.161 e. The zero-order valence-corrected chi connectivity index (χ0v) is 19.7. The Hall–Kier alpha value is -2.88. The Balaban J connectivity index is 2.02. The quantitative estimate of drug-likeness (QED) is 0.516. The van der Waals surface area contributed by atoms with E-state index >= 15 is 0 Å². The first kappa shape index (κ1) is 21.4. The summed E-state index contributed by atoms with van der Waals surface area (Å²) >= 11 is 0. The van der Waals surface area contributed by atoms with E-state index in [2.05, 4.69) is 53.7 Å². The molecule has 0 spiro atoms. The molecule has 1 atom stereocenters. The summed E-state index contributed by atoms with van der Waals surface area (Å²) in [5.41, 5.74) is 3.81. The summed E-state index contributed by atoms with van der Waals surface area (Å²) in [6.07, 6.45) is -0.289. The second-order valence-corrected chi connectivity index (χ2v) is 10.3. The molecule has 164 valence electrons. The summed E-state index contributed by atoms with van der Waals surface area (Å²) in [5.74, 6) is 2.55. The highest BCUT2D eigenvalue weighted by Gasteiger charge is 2.36. The summed E-state index contributed by atoms with van der Waals surface area (Å²) in [5, 5.41) is 13.0. The Morgan fingerprint density at radius 3 is 2.03 bits per heavy atom. The number of methoxy groups -OCH3 is 2. The zero-order chi connectivity index (χ0) is 22.7. The van der Waals surface area contributed by atoms with Gasteiger partial charge in [-0.3, -0.25) is 0 Å². The third-order valence-electron chi connectivity index (χ3n) is 6.10. The Labute approximate surface area is 184 Å². The SMILES string of the molecule is COc1ccc(C2Oc3c(C(C)(C)C)ccc4c(O)c(C(C)(C)C)cc2c34)cc1OC. The van der Waals surface area contributed by atoms with Gasteiger partial charge in [-0.1, -0.05) is 59.7 Å². The minimum absolute atomic E-state index is 0.0917. The van der Waals surface area contributed by atoms with Gasteiger partial charge in [-0.15, -0.1) is 0 Å². The molecule has 3 aromatic rings. The van der Waals surface area contributed by atoms with Gasteiger partial charge < -0.3 is 19.3 Å². The number of ether oxygens (including phenoxy) is 3. The van der Waals surface area contributed by atoms with Crippen LogP contribution in [-0.2, 0) is 10.8 Å². The van der Waals surface area contributed by atoms with Crippen molar-refractivity contribution in [3.8, 4) is 23.0 Å².